The van der Waals surface area contributed by atoms with Crippen molar-refractivity contribution in [3.63, 3.8) is 0 Å². The molecule has 0 aliphatic heterocycles. The van der Waals surface area contributed by atoms with Crippen LogP contribution >= 0.6 is 33.9 Å². The van der Waals surface area contributed by atoms with Crippen LogP contribution in [0.25, 0.3) is 10.2 Å². The van der Waals surface area contributed by atoms with Crippen molar-refractivity contribution in [2.24, 2.45) is 5.10 Å². The van der Waals surface area contributed by atoms with Gasteiger partial charge in [0.1, 0.15) is 0 Å². The number of hydrogen-bond acceptors (Lipinski definition) is 4. The minimum Gasteiger partial charge on any atom is -0.253 e. The maximum atomic E-state index is 4.62. The Kier molecular flexibility index (Phi) is 4.21. The molecule has 0 radical (unpaired) electrons. The minimum atomic E-state index is 0.867. The van der Waals surface area contributed by atoms with E-state index in [0.29, 0.717) is 0 Å². The molecule has 96 valence electrons. The molecule has 0 fully saturated rings. The van der Waals surface area contributed by atoms with E-state index in [2.05, 4.69) is 64.9 Å². The molecule has 2 aromatic rings. The van der Waals surface area contributed by atoms with Crippen molar-refractivity contribution in [3.8, 4) is 0 Å². The molecule has 1 aromatic heterocycles. The van der Waals surface area contributed by atoms with Crippen molar-refractivity contribution >= 4 is 55.0 Å². The van der Waals surface area contributed by atoms with E-state index < -0.39 is 0 Å². The second-order valence-corrected chi connectivity index (χ2v) is 6.47. The smallest absolute Gasteiger partial charge is 0.204 e. The lowest BCUT2D eigenvalue weighted by Crippen LogP contribution is -1.94. The van der Waals surface area contributed by atoms with Crippen LogP contribution in [0.1, 0.15) is 31.4 Å². The Morgan fingerprint density at radius 3 is 2.89 bits per heavy atom. The summed E-state index contributed by atoms with van der Waals surface area (Å²) in [5.74, 6) is 0. The van der Waals surface area contributed by atoms with Crippen LogP contribution in [0.5, 0.6) is 0 Å². The first-order valence-corrected chi connectivity index (χ1v) is 7.77. The molecule has 0 aliphatic carbocycles. The number of thiazole rings is 1. The number of rotatable bonds is 3. The quantitative estimate of drug-likeness (QED) is 0.480. The molecule has 0 atom stereocenters. The molecule has 2 rings (SSSR count). The first kappa shape index (κ1) is 13.7. The lowest BCUT2D eigenvalue weighted by Gasteiger charge is -2.01. The Labute approximate surface area is 125 Å². The van der Waals surface area contributed by atoms with Gasteiger partial charge in [0, 0.05) is 9.28 Å². The highest BCUT2D eigenvalue weighted by molar-refractivity contribution is 14.1. The number of aromatic nitrogens is 1. The fourth-order valence-corrected chi connectivity index (χ4v) is 3.49. The van der Waals surface area contributed by atoms with Crippen molar-refractivity contribution < 1.29 is 0 Å². The number of hydrazone groups is 1. The molecule has 0 unspecified atom stereocenters. The molecule has 1 aromatic carbocycles. The maximum Gasteiger partial charge on any atom is 0.204 e. The molecule has 1 heterocycles. The van der Waals surface area contributed by atoms with E-state index >= 15 is 0 Å². The van der Waals surface area contributed by atoms with Gasteiger partial charge in [-0.3, -0.25) is 5.43 Å². The summed E-state index contributed by atoms with van der Waals surface area (Å²) in [6, 6.07) is 2.18. The van der Waals surface area contributed by atoms with E-state index in [-0.39, 0.29) is 0 Å². The van der Waals surface area contributed by atoms with Crippen LogP contribution in [-0.4, -0.2) is 10.7 Å². The molecule has 18 heavy (non-hydrogen) atoms. The fraction of sp³-hybridized carbons (Fsp3) is 0.385. The standard InChI is InChI=1S/C13H16IN3S/c1-5-8(3)16-17-13-15-11-7(2)6-10(14)9(4)12(11)18-13/h6H,5H2,1-4H3,(H,15,17)/b16-8-. The number of fused-ring (bicyclic) bond motifs is 1. The summed E-state index contributed by atoms with van der Waals surface area (Å²) in [6.45, 7) is 8.36. The topological polar surface area (TPSA) is 37.3 Å². The summed E-state index contributed by atoms with van der Waals surface area (Å²) in [4.78, 5) is 4.62. The Bertz CT molecular complexity index is 616. The molecule has 5 heteroatoms. The predicted octanol–water partition coefficient (Wildman–Crippen LogP) is 4.72. The van der Waals surface area contributed by atoms with Gasteiger partial charge in [-0.2, -0.15) is 5.10 Å². The van der Waals surface area contributed by atoms with Gasteiger partial charge in [-0.05, 0) is 67.0 Å². The van der Waals surface area contributed by atoms with E-state index in [1.165, 1.54) is 19.4 Å². The number of anilines is 1. The molecule has 3 nitrogen and oxygen atoms in total. The van der Waals surface area contributed by atoms with Crippen molar-refractivity contribution in [1.29, 1.82) is 0 Å². The van der Waals surface area contributed by atoms with Gasteiger partial charge in [-0.15, -0.1) is 0 Å². The number of nitrogens with one attached hydrogen (secondary N) is 1. The van der Waals surface area contributed by atoms with Crippen LogP contribution in [0.2, 0.25) is 0 Å². The summed E-state index contributed by atoms with van der Waals surface area (Å²) in [5, 5.41) is 5.17. The maximum absolute atomic E-state index is 4.62. The Hall–Kier alpha value is -0.690. The van der Waals surface area contributed by atoms with E-state index in [0.717, 1.165) is 22.8 Å². The molecule has 0 aliphatic rings. The van der Waals surface area contributed by atoms with Crippen LogP contribution in [0.15, 0.2) is 11.2 Å². The van der Waals surface area contributed by atoms with Crippen molar-refractivity contribution in [1.82, 2.24) is 4.98 Å². The molecule has 0 bridgehead atoms. The average molecular weight is 373 g/mol. The lowest BCUT2D eigenvalue weighted by molar-refractivity contribution is 1.20. The summed E-state index contributed by atoms with van der Waals surface area (Å²) in [5.41, 5.74) is 7.75. The van der Waals surface area contributed by atoms with Gasteiger partial charge in [0.2, 0.25) is 5.13 Å². The van der Waals surface area contributed by atoms with Gasteiger partial charge < -0.3 is 0 Å². The third-order valence-electron chi connectivity index (χ3n) is 2.90. The van der Waals surface area contributed by atoms with Gasteiger partial charge in [0.15, 0.2) is 0 Å². The van der Waals surface area contributed by atoms with Crippen LogP contribution < -0.4 is 5.43 Å². The van der Waals surface area contributed by atoms with Crippen LogP contribution in [0, 0.1) is 17.4 Å². The van der Waals surface area contributed by atoms with E-state index in [1.54, 1.807) is 11.3 Å². The van der Waals surface area contributed by atoms with Gasteiger partial charge >= 0.3 is 0 Å². The molecule has 0 spiro atoms. The van der Waals surface area contributed by atoms with Crippen LogP contribution in [0.4, 0.5) is 5.13 Å². The third-order valence-corrected chi connectivity index (χ3v) is 5.10. The normalized spacial score (nSPS) is 12.2. The average Bonchev–Trinajstić information content (AvgIpc) is 2.78. The molecular formula is C13H16IN3S. The second-order valence-electron chi connectivity index (χ2n) is 4.31. The molecule has 0 saturated carbocycles. The van der Waals surface area contributed by atoms with Gasteiger partial charge in [0.05, 0.1) is 10.2 Å². The van der Waals surface area contributed by atoms with Gasteiger partial charge in [0.25, 0.3) is 0 Å². The van der Waals surface area contributed by atoms with Gasteiger partial charge in [-0.25, -0.2) is 4.98 Å². The van der Waals surface area contributed by atoms with Crippen molar-refractivity contribution in [2.45, 2.75) is 34.1 Å². The van der Waals surface area contributed by atoms with E-state index in [4.69, 9.17) is 0 Å². The highest BCUT2D eigenvalue weighted by Crippen LogP contribution is 2.33. The molecule has 0 saturated heterocycles. The number of halogens is 1. The summed E-state index contributed by atoms with van der Waals surface area (Å²) >= 11 is 4.05. The zero-order chi connectivity index (χ0) is 13.3. The van der Waals surface area contributed by atoms with Crippen LogP contribution in [-0.2, 0) is 0 Å². The molecule has 1 N–H and O–H groups in total. The number of hydrogen-bond donors (Lipinski definition) is 1. The zero-order valence-corrected chi connectivity index (χ0v) is 13.9. The number of benzene rings is 1. The third kappa shape index (κ3) is 2.66. The second kappa shape index (κ2) is 5.52. The number of nitrogens with zero attached hydrogens (tertiary/aromatic N) is 2. The lowest BCUT2D eigenvalue weighted by atomic mass is 10.1. The molecule has 0 amide bonds. The van der Waals surface area contributed by atoms with Gasteiger partial charge in [-0.1, -0.05) is 18.3 Å². The first-order valence-electron chi connectivity index (χ1n) is 5.88. The van der Waals surface area contributed by atoms with E-state index in [9.17, 15) is 0 Å². The monoisotopic (exact) mass is 373 g/mol. The largest absolute Gasteiger partial charge is 0.253 e. The Balaban J connectivity index is 2.44. The van der Waals surface area contributed by atoms with Crippen molar-refractivity contribution in [3.05, 3.63) is 20.8 Å². The Morgan fingerprint density at radius 2 is 2.22 bits per heavy atom. The Morgan fingerprint density at radius 1 is 1.50 bits per heavy atom. The zero-order valence-electron chi connectivity index (χ0n) is 11.0. The summed E-state index contributed by atoms with van der Waals surface area (Å²) in [7, 11) is 0. The summed E-state index contributed by atoms with van der Waals surface area (Å²) < 4.78 is 2.55. The number of aryl methyl sites for hydroxylation is 2. The minimum absolute atomic E-state index is 0.867. The van der Waals surface area contributed by atoms with E-state index in [1.807, 2.05) is 6.92 Å². The first-order chi connectivity index (χ1) is 8.52. The summed E-state index contributed by atoms with van der Waals surface area (Å²) in [6.07, 6.45) is 0.952. The highest BCUT2D eigenvalue weighted by Gasteiger charge is 2.10. The van der Waals surface area contributed by atoms with Crippen LogP contribution in [0.3, 0.4) is 0 Å². The fourth-order valence-electron chi connectivity index (χ4n) is 1.59. The highest BCUT2D eigenvalue weighted by atomic mass is 127. The predicted molar refractivity (Wildman–Crippen MR) is 88.8 cm³/mol. The SMILES string of the molecule is CC/C(C)=N\Nc1nc2c(C)cc(I)c(C)c2s1. The van der Waals surface area contributed by atoms with Crippen molar-refractivity contribution in [2.75, 3.05) is 5.43 Å². The molecular weight excluding hydrogens is 357 g/mol.